The third-order valence-electron chi connectivity index (χ3n) is 3.51. The van der Waals surface area contributed by atoms with Gasteiger partial charge in [0, 0.05) is 18.6 Å². The summed E-state index contributed by atoms with van der Waals surface area (Å²) in [5.41, 5.74) is 0. The van der Waals surface area contributed by atoms with Crippen molar-refractivity contribution >= 4 is 17.2 Å². The van der Waals surface area contributed by atoms with Crippen LogP contribution in [0.2, 0.25) is 0 Å². The average Bonchev–Trinajstić information content (AvgIpc) is 3.05. The van der Waals surface area contributed by atoms with Gasteiger partial charge in [-0.2, -0.15) is 0 Å². The summed E-state index contributed by atoms with van der Waals surface area (Å²) in [6, 6.07) is 2.48. The number of thiophene rings is 1. The van der Waals surface area contributed by atoms with Crippen LogP contribution in [0.25, 0.3) is 0 Å². The largest absolute Gasteiger partial charge is 0.495 e. The highest BCUT2D eigenvalue weighted by molar-refractivity contribution is 7.12. The highest BCUT2D eigenvalue weighted by Crippen LogP contribution is 2.27. The van der Waals surface area contributed by atoms with Crippen molar-refractivity contribution in [3.8, 4) is 5.75 Å². The first kappa shape index (κ1) is 14.3. The predicted octanol–water partition coefficient (Wildman–Crippen LogP) is 2.36. The SMILES string of the molecule is COc1ccsc1C(=O)N(CC1CCCN1)C(C)C. The van der Waals surface area contributed by atoms with E-state index in [9.17, 15) is 4.79 Å². The summed E-state index contributed by atoms with van der Waals surface area (Å²) in [6.45, 7) is 5.96. The molecular formula is C14H22N2O2S. The number of amides is 1. The van der Waals surface area contributed by atoms with Crippen LogP contribution < -0.4 is 10.1 Å². The van der Waals surface area contributed by atoms with Gasteiger partial charge < -0.3 is 15.0 Å². The monoisotopic (exact) mass is 282 g/mol. The maximum atomic E-state index is 12.6. The minimum absolute atomic E-state index is 0.0792. The van der Waals surface area contributed by atoms with Crippen LogP contribution in [0, 0.1) is 0 Å². The van der Waals surface area contributed by atoms with Gasteiger partial charge in [-0.25, -0.2) is 0 Å². The number of methoxy groups -OCH3 is 1. The van der Waals surface area contributed by atoms with Gasteiger partial charge in [0.2, 0.25) is 0 Å². The van der Waals surface area contributed by atoms with Gasteiger partial charge in [-0.1, -0.05) is 0 Å². The summed E-state index contributed by atoms with van der Waals surface area (Å²) in [7, 11) is 1.61. The number of hydrogen-bond acceptors (Lipinski definition) is 4. The molecule has 1 aromatic heterocycles. The quantitative estimate of drug-likeness (QED) is 0.901. The van der Waals surface area contributed by atoms with Crippen molar-refractivity contribution in [3.63, 3.8) is 0 Å². The molecule has 1 unspecified atom stereocenters. The molecule has 19 heavy (non-hydrogen) atoms. The lowest BCUT2D eigenvalue weighted by Gasteiger charge is -2.29. The van der Waals surface area contributed by atoms with Gasteiger partial charge in [0.15, 0.2) is 0 Å². The Morgan fingerprint density at radius 3 is 3.00 bits per heavy atom. The molecule has 0 radical (unpaired) electrons. The van der Waals surface area contributed by atoms with E-state index < -0.39 is 0 Å². The van der Waals surface area contributed by atoms with Crippen LogP contribution in [-0.2, 0) is 0 Å². The topological polar surface area (TPSA) is 41.6 Å². The molecule has 0 aromatic carbocycles. The van der Waals surface area contributed by atoms with Crippen LogP contribution in [0.4, 0.5) is 0 Å². The van der Waals surface area contributed by atoms with Gasteiger partial charge in [0.25, 0.3) is 5.91 Å². The minimum atomic E-state index is 0.0792. The molecule has 106 valence electrons. The summed E-state index contributed by atoms with van der Waals surface area (Å²) in [4.78, 5) is 15.3. The molecule has 1 fully saturated rings. The standard InChI is InChI=1S/C14H22N2O2S/c1-10(2)16(9-11-5-4-7-15-11)14(17)13-12(18-3)6-8-19-13/h6,8,10-11,15H,4-5,7,9H2,1-3H3. The summed E-state index contributed by atoms with van der Waals surface area (Å²) in [6.07, 6.45) is 2.35. The lowest BCUT2D eigenvalue weighted by molar-refractivity contribution is 0.0691. The number of carbonyl (C=O) groups excluding carboxylic acids is 1. The van der Waals surface area contributed by atoms with E-state index in [1.807, 2.05) is 16.3 Å². The fourth-order valence-electron chi connectivity index (χ4n) is 2.42. The lowest BCUT2D eigenvalue weighted by Crippen LogP contribution is -2.44. The number of nitrogens with one attached hydrogen (secondary N) is 1. The number of nitrogens with zero attached hydrogens (tertiary/aromatic N) is 1. The molecule has 4 nitrogen and oxygen atoms in total. The number of rotatable bonds is 5. The summed E-state index contributed by atoms with van der Waals surface area (Å²) >= 11 is 1.45. The van der Waals surface area contributed by atoms with E-state index in [2.05, 4.69) is 19.2 Å². The molecule has 2 rings (SSSR count). The van der Waals surface area contributed by atoms with Crippen molar-refractivity contribution in [1.82, 2.24) is 10.2 Å². The molecule has 1 atom stereocenters. The van der Waals surface area contributed by atoms with Crippen molar-refractivity contribution in [3.05, 3.63) is 16.3 Å². The smallest absolute Gasteiger partial charge is 0.268 e. The van der Waals surface area contributed by atoms with Gasteiger partial charge >= 0.3 is 0 Å². The number of ether oxygens (including phenoxy) is 1. The summed E-state index contributed by atoms with van der Waals surface area (Å²) < 4.78 is 5.25. The maximum absolute atomic E-state index is 12.6. The Hall–Kier alpha value is -1.07. The lowest BCUT2D eigenvalue weighted by atomic mass is 10.2. The Morgan fingerprint density at radius 1 is 1.63 bits per heavy atom. The van der Waals surface area contributed by atoms with E-state index in [0.717, 1.165) is 19.5 Å². The van der Waals surface area contributed by atoms with E-state index in [-0.39, 0.29) is 11.9 Å². The van der Waals surface area contributed by atoms with Crippen LogP contribution in [-0.4, -0.2) is 43.1 Å². The molecule has 0 bridgehead atoms. The van der Waals surface area contributed by atoms with Crippen molar-refractivity contribution in [2.75, 3.05) is 20.2 Å². The fourth-order valence-corrected chi connectivity index (χ4v) is 3.24. The highest BCUT2D eigenvalue weighted by atomic mass is 32.1. The number of hydrogen-bond donors (Lipinski definition) is 1. The van der Waals surface area contributed by atoms with Crippen LogP contribution in [0.15, 0.2) is 11.4 Å². The molecular weight excluding hydrogens is 260 g/mol. The van der Waals surface area contributed by atoms with Crippen LogP contribution in [0.3, 0.4) is 0 Å². The molecule has 5 heteroatoms. The highest BCUT2D eigenvalue weighted by Gasteiger charge is 2.26. The minimum Gasteiger partial charge on any atom is -0.495 e. The maximum Gasteiger partial charge on any atom is 0.268 e. The Labute approximate surface area is 118 Å². The Balaban J connectivity index is 2.11. The molecule has 1 aliphatic rings. The van der Waals surface area contributed by atoms with Crippen LogP contribution in [0.1, 0.15) is 36.4 Å². The Morgan fingerprint density at radius 2 is 2.42 bits per heavy atom. The molecule has 1 aliphatic heterocycles. The Bertz CT molecular complexity index is 425. The first-order chi connectivity index (χ1) is 9.13. The van der Waals surface area contributed by atoms with E-state index in [1.165, 1.54) is 17.8 Å². The zero-order chi connectivity index (χ0) is 13.8. The van der Waals surface area contributed by atoms with Gasteiger partial charge in [-0.05, 0) is 44.7 Å². The molecule has 1 N–H and O–H groups in total. The second-order valence-electron chi connectivity index (χ2n) is 5.16. The van der Waals surface area contributed by atoms with E-state index in [1.54, 1.807) is 7.11 Å². The molecule has 1 amide bonds. The Kier molecular flexibility index (Phi) is 4.82. The summed E-state index contributed by atoms with van der Waals surface area (Å²) in [5, 5.41) is 5.35. The van der Waals surface area contributed by atoms with Gasteiger partial charge in [0.1, 0.15) is 10.6 Å². The average molecular weight is 282 g/mol. The molecule has 2 heterocycles. The molecule has 1 aromatic rings. The third kappa shape index (κ3) is 3.28. The molecule has 1 saturated heterocycles. The van der Waals surface area contributed by atoms with E-state index >= 15 is 0 Å². The van der Waals surface area contributed by atoms with Crippen molar-refractivity contribution < 1.29 is 9.53 Å². The van der Waals surface area contributed by atoms with E-state index in [4.69, 9.17) is 4.74 Å². The van der Waals surface area contributed by atoms with E-state index in [0.29, 0.717) is 16.7 Å². The second-order valence-corrected chi connectivity index (χ2v) is 6.08. The van der Waals surface area contributed by atoms with Gasteiger partial charge in [0.05, 0.1) is 7.11 Å². The predicted molar refractivity (Wildman–Crippen MR) is 78.1 cm³/mol. The zero-order valence-corrected chi connectivity index (χ0v) is 12.6. The number of carbonyl (C=O) groups is 1. The first-order valence-electron chi connectivity index (χ1n) is 6.79. The second kappa shape index (κ2) is 6.39. The summed E-state index contributed by atoms with van der Waals surface area (Å²) in [5.74, 6) is 0.760. The third-order valence-corrected chi connectivity index (χ3v) is 4.39. The normalized spacial score (nSPS) is 18.8. The molecule has 0 aliphatic carbocycles. The van der Waals surface area contributed by atoms with Crippen LogP contribution >= 0.6 is 11.3 Å². The van der Waals surface area contributed by atoms with Crippen molar-refractivity contribution in [1.29, 1.82) is 0 Å². The molecule has 0 spiro atoms. The van der Waals surface area contributed by atoms with Crippen LogP contribution in [0.5, 0.6) is 5.75 Å². The molecule has 0 saturated carbocycles. The van der Waals surface area contributed by atoms with Crippen molar-refractivity contribution in [2.45, 2.75) is 38.8 Å². The van der Waals surface area contributed by atoms with Crippen molar-refractivity contribution in [2.24, 2.45) is 0 Å². The fraction of sp³-hybridized carbons (Fsp3) is 0.643. The first-order valence-corrected chi connectivity index (χ1v) is 7.67. The zero-order valence-electron chi connectivity index (χ0n) is 11.8. The van der Waals surface area contributed by atoms with Gasteiger partial charge in [-0.15, -0.1) is 11.3 Å². The van der Waals surface area contributed by atoms with Gasteiger partial charge in [-0.3, -0.25) is 4.79 Å².